The number of carbonyl (C=O) groups is 2. The summed E-state index contributed by atoms with van der Waals surface area (Å²) < 4.78 is 5.13. The molecule has 0 saturated heterocycles. The van der Waals surface area contributed by atoms with Gasteiger partial charge in [-0.05, 0) is 54.1 Å². The minimum absolute atomic E-state index is 0.149. The first kappa shape index (κ1) is 17.5. The van der Waals surface area contributed by atoms with E-state index in [1.54, 1.807) is 31.4 Å². The van der Waals surface area contributed by atoms with Gasteiger partial charge >= 0.3 is 0 Å². The van der Waals surface area contributed by atoms with Gasteiger partial charge in [-0.2, -0.15) is 0 Å². The van der Waals surface area contributed by atoms with E-state index in [9.17, 15) is 9.59 Å². The molecule has 2 aromatic carbocycles. The number of nitrogens with one attached hydrogen (secondary N) is 2. The molecule has 3 rings (SSSR count). The van der Waals surface area contributed by atoms with E-state index >= 15 is 0 Å². The van der Waals surface area contributed by atoms with Crippen LogP contribution in [-0.4, -0.2) is 30.7 Å². The predicted molar refractivity (Wildman–Crippen MR) is 98.4 cm³/mol. The molecule has 0 bridgehead atoms. The summed E-state index contributed by atoms with van der Waals surface area (Å²) in [6.45, 7) is 1.44. The van der Waals surface area contributed by atoms with Gasteiger partial charge in [-0.3, -0.25) is 9.59 Å². The van der Waals surface area contributed by atoms with E-state index in [2.05, 4.69) is 15.8 Å². The molecule has 0 aromatic heterocycles. The van der Waals surface area contributed by atoms with Crippen molar-refractivity contribution in [2.45, 2.75) is 19.4 Å². The molecule has 0 radical (unpaired) electrons. The highest BCUT2D eigenvalue weighted by molar-refractivity contribution is 6.06. The highest BCUT2D eigenvalue weighted by Gasteiger charge is 2.29. The van der Waals surface area contributed by atoms with Crippen molar-refractivity contribution >= 4 is 28.9 Å². The summed E-state index contributed by atoms with van der Waals surface area (Å²) in [7, 11) is 1.61. The Kier molecular flexibility index (Phi) is 5.17. The summed E-state index contributed by atoms with van der Waals surface area (Å²) in [5.41, 5.74) is 2.89. The first-order valence-electron chi connectivity index (χ1n) is 8.11. The molecule has 2 aromatic rings. The van der Waals surface area contributed by atoms with Gasteiger partial charge in [0.15, 0.2) is 0 Å². The molecule has 2 N–H and O–H groups in total. The van der Waals surface area contributed by atoms with Gasteiger partial charge in [-0.1, -0.05) is 5.16 Å². The Balaban J connectivity index is 1.57. The third-order valence-corrected chi connectivity index (χ3v) is 3.86. The summed E-state index contributed by atoms with van der Waals surface area (Å²) in [5.74, 6) is 0.333. The van der Waals surface area contributed by atoms with E-state index in [1.165, 1.54) is 6.92 Å². The molecule has 1 aliphatic heterocycles. The van der Waals surface area contributed by atoms with Gasteiger partial charge in [-0.15, -0.1) is 0 Å². The maximum atomic E-state index is 12.4. The number of benzene rings is 2. The Labute approximate surface area is 151 Å². The minimum atomic E-state index is -0.679. The van der Waals surface area contributed by atoms with Gasteiger partial charge in [0.05, 0.1) is 12.8 Å². The van der Waals surface area contributed by atoms with Crippen molar-refractivity contribution < 1.29 is 19.2 Å². The Morgan fingerprint density at radius 3 is 2.23 bits per heavy atom. The Bertz CT molecular complexity index is 829. The summed E-state index contributed by atoms with van der Waals surface area (Å²) >= 11 is 0. The number of anilines is 2. The van der Waals surface area contributed by atoms with Crippen LogP contribution in [0.1, 0.15) is 18.9 Å². The number of oxime groups is 1. The highest BCUT2D eigenvalue weighted by atomic mass is 16.6. The lowest BCUT2D eigenvalue weighted by Gasteiger charge is -2.10. The van der Waals surface area contributed by atoms with E-state index in [0.717, 1.165) is 11.3 Å². The largest absolute Gasteiger partial charge is 0.497 e. The lowest BCUT2D eigenvalue weighted by molar-refractivity contribution is -0.125. The number of ether oxygens (including phenoxy) is 1. The zero-order valence-corrected chi connectivity index (χ0v) is 14.5. The summed E-state index contributed by atoms with van der Waals surface area (Å²) in [6, 6.07) is 14.3. The molecule has 1 heterocycles. The third-order valence-electron chi connectivity index (χ3n) is 3.86. The standard InChI is InChI=1S/C19H19N3O4/c1-12(23)20-14-5-7-15(8-6-14)21-19(24)18-11-17(22-26-18)13-3-9-16(25-2)10-4-13/h3-10,18H,11H2,1-2H3,(H,20,23)(H,21,24). The molecule has 0 aliphatic carbocycles. The number of nitrogens with zero attached hydrogens (tertiary/aromatic N) is 1. The van der Waals surface area contributed by atoms with Crippen LogP contribution in [0.4, 0.5) is 11.4 Å². The molecule has 1 atom stereocenters. The smallest absolute Gasteiger partial charge is 0.268 e. The summed E-state index contributed by atoms with van der Waals surface area (Å²) in [4.78, 5) is 28.6. The molecule has 1 unspecified atom stereocenters. The van der Waals surface area contributed by atoms with Crippen LogP contribution >= 0.6 is 0 Å². The van der Waals surface area contributed by atoms with Gasteiger partial charge in [-0.25, -0.2) is 0 Å². The lowest BCUT2D eigenvalue weighted by atomic mass is 10.0. The second-order valence-electron chi connectivity index (χ2n) is 5.81. The van der Waals surface area contributed by atoms with Gasteiger partial charge in [0, 0.05) is 24.7 Å². The van der Waals surface area contributed by atoms with Crippen molar-refractivity contribution in [3.8, 4) is 5.75 Å². The Morgan fingerprint density at radius 1 is 1.04 bits per heavy atom. The number of carbonyl (C=O) groups excluding carboxylic acids is 2. The van der Waals surface area contributed by atoms with Gasteiger partial charge in [0.25, 0.3) is 5.91 Å². The number of rotatable bonds is 5. The first-order valence-corrected chi connectivity index (χ1v) is 8.11. The van der Waals surface area contributed by atoms with Crippen molar-refractivity contribution in [2.75, 3.05) is 17.7 Å². The van der Waals surface area contributed by atoms with E-state index in [4.69, 9.17) is 9.57 Å². The van der Waals surface area contributed by atoms with Crippen LogP contribution < -0.4 is 15.4 Å². The van der Waals surface area contributed by atoms with Crippen molar-refractivity contribution in [2.24, 2.45) is 5.16 Å². The van der Waals surface area contributed by atoms with Crippen LogP contribution in [0.2, 0.25) is 0 Å². The normalized spacial score (nSPS) is 15.6. The zero-order valence-electron chi connectivity index (χ0n) is 14.5. The molecule has 0 spiro atoms. The summed E-state index contributed by atoms with van der Waals surface area (Å²) in [6.07, 6.45) is -0.288. The monoisotopic (exact) mass is 353 g/mol. The van der Waals surface area contributed by atoms with Gasteiger partial charge in [0.1, 0.15) is 5.75 Å². The molecule has 0 fully saturated rings. The highest BCUT2D eigenvalue weighted by Crippen LogP contribution is 2.21. The average Bonchev–Trinajstić information content (AvgIpc) is 3.13. The first-order chi connectivity index (χ1) is 12.5. The molecule has 7 heteroatoms. The Hall–Kier alpha value is -3.35. The second-order valence-corrected chi connectivity index (χ2v) is 5.81. The van der Waals surface area contributed by atoms with E-state index < -0.39 is 6.10 Å². The molecule has 1 aliphatic rings. The van der Waals surface area contributed by atoms with Gasteiger partial charge in [0.2, 0.25) is 12.0 Å². The lowest BCUT2D eigenvalue weighted by Crippen LogP contribution is -2.28. The second kappa shape index (κ2) is 7.69. The Morgan fingerprint density at radius 2 is 1.65 bits per heavy atom. The van der Waals surface area contributed by atoms with Crippen LogP contribution in [-0.2, 0) is 14.4 Å². The number of hydrogen-bond donors (Lipinski definition) is 2. The van der Waals surface area contributed by atoms with Crippen molar-refractivity contribution in [3.63, 3.8) is 0 Å². The third kappa shape index (κ3) is 4.18. The van der Waals surface area contributed by atoms with Crippen LogP contribution in [0.15, 0.2) is 53.7 Å². The maximum absolute atomic E-state index is 12.4. The molecule has 2 amide bonds. The molecular formula is C19H19N3O4. The molecule has 134 valence electrons. The fraction of sp³-hybridized carbons (Fsp3) is 0.211. The molecule has 0 saturated carbocycles. The predicted octanol–water partition coefficient (Wildman–Crippen LogP) is 2.79. The molecule has 7 nitrogen and oxygen atoms in total. The topological polar surface area (TPSA) is 89.0 Å². The fourth-order valence-electron chi connectivity index (χ4n) is 2.53. The van der Waals surface area contributed by atoms with Gasteiger partial charge < -0.3 is 20.2 Å². The summed E-state index contributed by atoms with van der Waals surface area (Å²) in [5, 5.41) is 9.47. The van der Waals surface area contributed by atoms with Crippen molar-refractivity contribution in [1.82, 2.24) is 0 Å². The van der Waals surface area contributed by atoms with Crippen LogP contribution in [0.25, 0.3) is 0 Å². The SMILES string of the molecule is COc1ccc(C2=NOC(C(=O)Nc3ccc(NC(C)=O)cc3)C2)cc1. The van der Waals surface area contributed by atoms with Crippen LogP contribution in [0.3, 0.4) is 0 Å². The van der Waals surface area contributed by atoms with Crippen LogP contribution in [0.5, 0.6) is 5.75 Å². The van der Waals surface area contributed by atoms with Crippen molar-refractivity contribution in [1.29, 1.82) is 0 Å². The minimum Gasteiger partial charge on any atom is -0.497 e. The zero-order chi connectivity index (χ0) is 18.5. The average molecular weight is 353 g/mol. The number of amides is 2. The van der Waals surface area contributed by atoms with Crippen molar-refractivity contribution in [3.05, 3.63) is 54.1 Å². The quantitative estimate of drug-likeness (QED) is 0.865. The molecule has 26 heavy (non-hydrogen) atoms. The number of methoxy groups -OCH3 is 1. The van der Waals surface area contributed by atoms with E-state index in [0.29, 0.717) is 23.5 Å². The van der Waals surface area contributed by atoms with Crippen LogP contribution in [0, 0.1) is 0 Å². The van der Waals surface area contributed by atoms with E-state index in [-0.39, 0.29) is 11.8 Å². The maximum Gasteiger partial charge on any atom is 0.268 e. The molecular weight excluding hydrogens is 334 g/mol. The van der Waals surface area contributed by atoms with E-state index in [1.807, 2.05) is 24.3 Å². The number of hydrogen-bond acceptors (Lipinski definition) is 5. The fourth-order valence-corrected chi connectivity index (χ4v) is 2.53.